The van der Waals surface area contributed by atoms with E-state index in [1.165, 1.54) is 23.5 Å². The topological polar surface area (TPSA) is 24.9 Å². The van der Waals surface area contributed by atoms with Gasteiger partial charge in [-0.15, -0.1) is 23.1 Å². The number of benzene rings is 1. The number of nitrogens with one attached hydrogen (secondary N) is 1. The average Bonchev–Trinajstić information content (AvgIpc) is 2.79. The molecular formula is C11H10F2N2S2. The molecule has 0 spiro atoms. The van der Waals surface area contributed by atoms with E-state index in [0.717, 1.165) is 16.6 Å². The lowest BCUT2D eigenvalue weighted by molar-refractivity contribution is 0.541. The fraction of sp³-hybridized carbons (Fsp3) is 0.182. The van der Waals surface area contributed by atoms with Gasteiger partial charge in [0.2, 0.25) is 0 Å². The number of halogens is 2. The van der Waals surface area contributed by atoms with Crippen molar-refractivity contribution in [2.24, 2.45) is 0 Å². The Balaban J connectivity index is 2.12. The lowest BCUT2D eigenvalue weighted by Gasteiger charge is -2.07. The first kappa shape index (κ1) is 12.3. The van der Waals surface area contributed by atoms with Crippen molar-refractivity contribution in [3.63, 3.8) is 0 Å². The Morgan fingerprint density at radius 2 is 2.06 bits per heavy atom. The molecule has 90 valence electrons. The molecular weight excluding hydrogens is 262 g/mol. The molecule has 0 aliphatic heterocycles. The highest BCUT2D eigenvalue weighted by Crippen LogP contribution is 2.26. The third-order valence-corrected chi connectivity index (χ3v) is 3.73. The SMILES string of the molecule is CSc1c(F)cc(NCc2cncs2)cc1F. The quantitative estimate of drug-likeness (QED) is 0.858. The van der Waals surface area contributed by atoms with Gasteiger partial charge in [-0.05, 0) is 18.4 Å². The molecule has 6 heteroatoms. The van der Waals surface area contributed by atoms with Gasteiger partial charge in [0.15, 0.2) is 0 Å². The van der Waals surface area contributed by atoms with Crippen LogP contribution in [-0.2, 0) is 6.54 Å². The molecule has 2 aromatic rings. The zero-order chi connectivity index (χ0) is 12.3. The van der Waals surface area contributed by atoms with E-state index in [1.54, 1.807) is 18.0 Å². The molecule has 1 aromatic carbocycles. The molecule has 2 nitrogen and oxygen atoms in total. The van der Waals surface area contributed by atoms with Crippen LogP contribution in [0.5, 0.6) is 0 Å². The average molecular weight is 272 g/mol. The van der Waals surface area contributed by atoms with E-state index < -0.39 is 11.6 Å². The van der Waals surface area contributed by atoms with Gasteiger partial charge in [-0.25, -0.2) is 8.78 Å². The van der Waals surface area contributed by atoms with Gasteiger partial charge in [-0.3, -0.25) is 4.98 Å². The summed E-state index contributed by atoms with van der Waals surface area (Å²) in [6, 6.07) is 2.60. The van der Waals surface area contributed by atoms with Crippen molar-refractivity contribution in [3.05, 3.63) is 40.4 Å². The molecule has 0 saturated heterocycles. The zero-order valence-electron chi connectivity index (χ0n) is 9.04. The molecule has 0 atom stereocenters. The fourth-order valence-corrected chi connectivity index (χ4v) is 2.42. The van der Waals surface area contributed by atoms with Gasteiger partial charge in [0, 0.05) is 16.8 Å². The molecule has 0 aliphatic carbocycles. The minimum absolute atomic E-state index is 0.0494. The summed E-state index contributed by atoms with van der Waals surface area (Å²) in [7, 11) is 0. The molecule has 1 N–H and O–H groups in total. The van der Waals surface area contributed by atoms with Crippen molar-refractivity contribution in [3.8, 4) is 0 Å². The molecule has 17 heavy (non-hydrogen) atoms. The Morgan fingerprint density at radius 1 is 1.35 bits per heavy atom. The molecule has 0 amide bonds. The number of hydrogen-bond donors (Lipinski definition) is 1. The Kier molecular flexibility index (Phi) is 3.96. The Hall–Kier alpha value is -1.14. The monoisotopic (exact) mass is 272 g/mol. The van der Waals surface area contributed by atoms with Gasteiger partial charge in [0.1, 0.15) is 11.6 Å². The number of hydrogen-bond acceptors (Lipinski definition) is 4. The van der Waals surface area contributed by atoms with Crippen molar-refractivity contribution in [2.75, 3.05) is 11.6 Å². The summed E-state index contributed by atoms with van der Waals surface area (Å²) in [6.07, 6.45) is 3.37. The second kappa shape index (κ2) is 5.46. The van der Waals surface area contributed by atoms with Gasteiger partial charge in [0.05, 0.1) is 17.0 Å². The summed E-state index contributed by atoms with van der Waals surface area (Å²) in [4.78, 5) is 4.99. The van der Waals surface area contributed by atoms with Crippen LogP contribution in [0.1, 0.15) is 4.88 Å². The highest BCUT2D eigenvalue weighted by molar-refractivity contribution is 7.98. The van der Waals surface area contributed by atoms with Crippen molar-refractivity contribution in [1.82, 2.24) is 4.98 Å². The van der Waals surface area contributed by atoms with Crippen LogP contribution in [0.25, 0.3) is 0 Å². The van der Waals surface area contributed by atoms with Crippen LogP contribution in [0.3, 0.4) is 0 Å². The van der Waals surface area contributed by atoms with Crippen molar-refractivity contribution in [2.45, 2.75) is 11.4 Å². The number of thiazole rings is 1. The molecule has 0 fully saturated rings. The molecule has 1 heterocycles. The number of thioether (sulfide) groups is 1. The van der Waals surface area contributed by atoms with E-state index in [0.29, 0.717) is 12.2 Å². The summed E-state index contributed by atoms with van der Waals surface area (Å²) in [5.74, 6) is -1.08. The highest BCUT2D eigenvalue weighted by Gasteiger charge is 2.09. The lowest BCUT2D eigenvalue weighted by Crippen LogP contribution is -1.99. The van der Waals surface area contributed by atoms with Crippen LogP contribution in [0, 0.1) is 11.6 Å². The summed E-state index contributed by atoms with van der Waals surface area (Å²) in [5.41, 5.74) is 2.15. The fourth-order valence-electron chi connectivity index (χ4n) is 1.38. The number of nitrogens with zero attached hydrogens (tertiary/aromatic N) is 1. The standard InChI is InChI=1S/C11H10F2N2S2/c1-16-11-9(12)2-7(3-10(11)13)15-5-8-4-14-6-17-8/h2-4,6,15H,5H2,1H3. The molecule has 0 saturated carbocycles. The van der Waals surface area contributed by atoms with E-state index in [2.05, 4.69) is 10.3 Å². The third kappa shape index (κ3) is 2.95. The second-order valence-corrected chi connectivity index (χ2v) is 5.08. The number of aromatic nitrogens is 1. The van der Waals surface area contributed by atoms with Gasteiger partial charge >= 0.3 is 0 Å². The molecule has 0 unspecified atom stereocenters. The summed E-state index contributed by atoms with van der Waals surface area (Å²) in [6.45, 7) is 0.516. The van der Waals surface area contributed by atoms with E-state index in [4.69, 9.17) is 0 Å². The molecule has 0 radical (unpaired) electrons. The number of anilines is 1. The molecule has 2 rings (SSSR count). The second-order valence-electron chi connectivity index (χ2n) is 3.29. The molecule has 0 aliphatic rings. The first-order valence-corrected chi connectivity index (χ1v) is 6.95. The maximum absolute atomic E-state index is 13.5. The third-order valence-electron chi connectivity index (χ3n) is 2.15. The van der Waals surface area contributed by atoms with Gasteiger partial charge in [0.25, 0.3) is 0 Å². The predicted octanol–water partition coefficient (Wildman–Crippen LogP) is 3.76. The molecule has 1 aromatic heterocycles. The normalized spacial score (nSPS) is 10.5. The Bertz CT molecular complexity index is 477. The van der Waals surface area contributed by atoms with Gasteiger partial charge in [-0.2, -0.15) is 0 Å². The summed E-state index contributed by atoms with van der Waals surface area (Å²) >= 11 is 2.55. The minimum atomic E-state index is -0.538. The van der Waals surface area contributed by atoms with Gasteiger partial charge < -0.3 is 5.32 Å². The van der Waals surface area contributed by atoms with Crippen LogP contribution >= 0.6 is 23.1 Å². The smallest absolute Gasteiger partial charge is 0.141 e. The van der Waals surface area contributed by atoms with E-state index in [-0.39, 0.29) is 4.90 Å². The van der Waals surface area contributed by atoms with Crippen LogP contribution in [0.15, 0.2) is 28.7 Å². The maximum atomic E-state index is 13.5. The first-order chi connectivity index (χ1) is 8.20. The summed E-state index contributed by atoms with van der Waals surface area (Å²) in [5, 5.41) is 2.96. The Morgan fingerprint density at radius 3 is 2.59 bits per heavy atom. The Labute approximate surface area is 106 Å². The van der Waals surface area contributed by atoms with E-state index in [9.17, 15) is 8.78 Å². The zero-order valence-corrected chi connectivity index (χ0v) is 10.7. The first-order valence-electron chi connectivity index (χ1n) is 4.85. The lowest BCUT2D eigenvalue weighted by atomic mass is 10.3. The predicted molar refractivity (Wildman–Crippen MR) is 67.6 cm³/mol. The summed E-state index contributed by atoms with van der Waals surface area (Å²) < 4.78 is 26.9. The van der Waals surface area contributed by atoms with E-state index in [1.807, 2.05) is 0 Å². The van der Waals surface area contributed by atoms with E-state index >= 15 is 0 Å². The van der Waals surface area contributed by atoms with Crippen LogP contribution < -0.4 is 5.32 Å². The maximum Gasteiger partial charge on any atom is 0.141 e. The van der Waals surface area contributed by atoms with Crippen molar-refractivity contribution < 1.29 is 8.78 Å². The number of rotatable bonds is 4. The van der Waals surface area contributed by atoms with Crippen LogP contribution in [0.4, 0.5) is 14.5 Å². The van der Waals surface area contributed by atoms with Gasteiger partial charge in [-0.1, -0.05) is 0 Å². The largest absolute Gasteiger partial charge is 0.380 e. The van der Waals surface area contributed by atoms with Crippen LogP contribution in [0.2, 0.25) is 0 Å². The highest BCUT2D eigenvalue weighted by atomic mass is 32.2. The van der Waals surface area contributed by atoms with Crippen molar-refractivity contribution >= 4 is 28.8 Å². The van der Waals surface area contributed by atoms with Crippen LogP contribution in [-0.4, -0.2) is 11.2 Å². The minimum Gasteiger partial charge on any atom is -0.380 e. The van der Waals surface area contributed by atoms with Crippen molar-refractivity contribution in [1.29, 1.82) is 0 Å². The molecule has 0 bridgehead atoms.